The maximum absolute atomic E-state index is 2.48. The van der Waals surface area contributed by atoms with E-state index in [1.807, 2.05) is 0 Å². The molecule has 0 N–H and O–H groups in total. The summed E-state index contributed by atoms with van der Waals surface area (Å²) < 4.78 is 2.48. The van der Waals surface area contributed by atoms with Crippen molar-refractivity contribution in [2.45, 2.75) is 0 Å². The zero-order chi connectivity index (χ0) is 41.2. The van der Waals surface area contributed by atoms with Crippen LogP contribution in [-0.2, 0) is 0 Å². The highest BCUT2D eigenvalue weighted by molar-refractivity contribution is 6.17. The summed E-state index contributed by atoms with van der Waals surface area (Å²) in [7, 11) is 0. The quantitative estimate of drug-likeness (QED) is 0.141. The number of nitrogens with zero attached hydrogens (tertiary/aromatic N) is 2. The van der Waals surface area contributed by atoms with Crippen molar-refractivity contribution in [3.8, 4) is 61.3 Å². The molecule has 2 heteroatoms. The molecular formula is C60H42N2. The van der Waals surface area contributed by atoms with Gasteiger partial charge in [0.05, 0.1) is 28.1 Å². The highest BCUT2D eigenvalue weighted by Crippen LogP contribution is 2.48. The summed E-state index contributed by atoms with van der Waals surface area (Å²) in [5.74, 6) is 0. The van der Waals surface area contributed by atoms with E-state index < -0.39 is 0 Å². The Balaban J connectivity index is 1.16. The minimum Gasteiger partial charge on any atom is -0.309 e. The van der Waals surface area contributed by atoms with Crippen LogP contribution in [0.4, 0.5) is 17.1 Å². The zero-order valence-electron chi connectivity index (χ0n) is 34.1. The Morgan fingerprint density at radius 1 is 0.274 bits per heavy atom. The summed E-state index contributed by atoms with van der Waals surface area (Å²) in [6.45, 7) is 0. The van der Waals surface area contributed by atoms with Crippen LogP contribution in [0.2, 0.25) is 0 Å². The van der Waals surface area contributed by atoms with Gasteiger partial charge in [-0.1, -0.05) is 212 Å². The van der Waals surface area contributed by atoms with Crippen LogP contribution in [0, 0.1) is 0 Å². The van der Waals surface area contributed by atoms with Gasteiger partial charge in [0.25, 0.3) is 0 Å². The highest BCUT2D eigenvalue weighted by atomic mass is 15.2. The lowest BCUT2D eigenvalue weighted by Crippen LogP contribution is -2.11. The van der Waals surface area contributed by atoms with Crippen molar-refractivity contribution < 1.29 is 0 Å². The van der Waals surface area contributed by atoms with Gasteiger partial charge < -0.3 is 9.47 Å². The molecule has 0 fully saturated rings. The predicted octanol–water partition coefficient (Wildman–Crippen LogP) is 16.6. The molecule has 0 aliphatic rings. The van der Waals surface area contributed by atoms with Crippen LogP contribution >= 0.6 is 0 Å². The van der Waals surface area contributed by atoms with Crippen molar-refractivity contribution in [1.82, 2.24) is 4.57 Å². The Morgan fingerprint density at radius 3 is 1.37 bits per heavy atom. The van der Waals surface area contributed by atoms with Gasteiger partial charge in [-0.2, -0.15) is 0 Å². The number of anilines is 3. The van der Waals surface area contributed by atoms with E-state index >= 15 is 0 Å². The van der Waals surface area contributed by atoms with Crippen LogP contribution in [-0.4, -0.2) is 4.57 Å². The van der Waals surface area contributed by atoms with Crippen LogP contribution in [0.3, 0.4) is 0 Å². The third kappa shape index (κ3) is 6.65. The van der Waals surface area contributed by atoms with Crippen LogP contribution in [0.25, 0.3) is 83.1 Å². The summed E-state index contributed by atoms with van der Waals surface area (Å²) in [6.07, 6.45) is 0. The molecule has 1 aromatic heterocycles. The van der Waals surface area contributed by atoms with E-state index in [0.717, 1.165) is 39.3 Å². The normalized spacial score (nSPS) is 11.2. The molecule has 0 amide bonds. The fourth-order valence-corrected chi connectivity index (χ4v) is 9.17. The number of hydrogen-bond acceptors (Lipinski definition) is 1. The third-order valence-electron chi connectivity index (χ3n) is 12.0. The van der Waals surface area contributed by atoms with Crippen molar-refractivity contribution in [1.29, 1.82) is 0 Å². The molecule has 0 bridgehead atoms. The lowest BCUT2D eigenvalue weighted by atomic mass is 9.94. The molecule has 62 heavy (non-hydrogen) atoms. The number of benzene rings is 10. The van der Waals surface area contributed by atoms with Gasteiger partial charge in [-0.3, -0.25) is 0 Å². The molecule has 11 aromatic rings. The summed E-state index contributed by atoms with van der Waals surface area (Å²) in [4.78, 5) is 2.47. The Labute approximate surface area is 362 Å². The molecule has 0 atom stereocenters. The molecule has 0 radical (unpaired) electrons. The van der Waals surface area contributed by atoms with Gasteiger partial charge in [-0.15, -0.1) is 0 Å². The van der Waals surface area contributed by atoms with Crippen molar-refractivity contribution in [3.05, 3.63) is 255 Å². The first kappa shape index (κ1) is 36.8. The van der Waals surface area contributed by atoms with Gasteiger partial charge in [0.15, 0.2) is 0 Å². The Bertz CT molecular complexity index is 3310. The molecule has 10 aromatic carbocycles. The van der Waals surface area contributed by atoms with Gasteiger partial charge in [-0.25, -0.2) is 0 Å². The molecule has 2 nitrogen and oxygen atoms in total. The van der Waals surface area contributed by atoms with E-state index in [-0.39, 0.29) is 0 Å². The molecule has 0 saturated carbocycles. The monoisotopic (exact) mass is 790 g/mol. The highest BCUT2D eigenvalue weighted by Gasteiger charge is 2.24. The number of fused-ring (bicyclic) bond motifs is 3. The zero-order valence-corrected chi connectivity index (χ0v) is 34.1. The van der Waals surface area contributed by atoms with Crippen molar-refractivity contribution in [2.24, 2.45) is 0 Å². The first-order valence-electron chi connectivity index (χ1n) is 21.3. The van der Waals surface area contributed by atoms with Gasteiger partial charge in [0, 0.05) is 27.6 Å². The van der Waals surface area contributed by atoms with Crippen LogP contribution < -0.4 is 4.90 Å². The molecule has 0 aliphatic heterocycles. The van der Waals surface area contributed by atoms with Gasteiger partial charge in [-0.05, 0) is 87.0 Å². The summed E-state index contributed by atoms with van der Waals surface area (Å²) in [5, 5.41) is 2.38. The largest absolute Gasteiger partial charge is 0.309 e. The van der Waals surface area contributed by atoms with Crippen molar-refractivity contribution in [2.75, 3.05) is 4.90 Å². The molecule has 0 unspecified atom stereocenters. The smallest absolute Gasteiger partial charge is 0.0562 e. The average Bonchev–Trinajstić information content (AvgIpc) is 3.70. The summed E-state index contributed by atoms with van der Waals surface area (Å²) in [5.41, 5.74) is 18.6. The van der Waals surface area contributed by atoms with E-state index in [1.54, 1.807) is 0 Å². The second-order valence-corrected chi connectivity index (χ2v) is 15.7. The van der Waals surface area contributed by atoms with Gasteiger partial charge in [0.1, 0.15) is 0 Å². The summed E-state index contributed by atoms with van der Waals surface area (Å²) >= 11 is 0. The minimum absolute atomic E-state index is 1.08. The van der Waals surface area contributed by atoms with Crippen molar-refractivity contribution in [3.63, 3.8) is 0 Å². The maximum atomic E-state index is 2.48. The maximum Gasteiger partial charge on any atom is 0.0562 e. The second-order valence-electron chi connectivity index (χ2n) is 15.7. The van der Waals surface area contributed by atoms with Crippen LogP contribution in [0.5, 0.6) is 0 Å². The van der Waals surface area contributed by atoms with Crippen molar-refractivity contribution >= 4 is 38.9 Å². The third-order valence-corrected chi connectivity index (χ3v) is 12.0. The second kappa shape index (κ2) is 16.1. The Morgan fingerprint density at radius 2 is 0.726 bits per heavy atom. The van der Waals surface area contributed by atoms with E-state index in [1.165, 1.54) is 60.8 Å². The van der Waals surface area contributed by atoms with Gasteiger partial charge in [0.2, 0.25) is 0 Å². The Hall–Kier alpha value is -8.20. The fraction of sp³-hybridized carbons (Fsp3) is 0. The standard InChI is InChI=1S/C60H42N2/c1-5-20-43(21-6-1)48-38-41-53(46-26-11-4-12-27-46)59(42-48)62-56-33-18-16-31-54(56)60-57(34-19-35-58(60)62)61(55-32-17-15-30-52(55)45-24-9-3-10-25-45)49-39-36-47(37-40-49)51-29-14-13-28-50(51)44-22-7-2-8-23-44/h1-42H. The Kier molecular flexibility index (Phi) is 9.57. The number of aromatic nitrogens is 1. The number of hydrogen-bond donors (Lipinski definition) is 0. The van der Waals surface area contributed by atoms with Crippen LogP contribution in [0.1, 0.15) is 0 Å². The minimum atomic E-state index is 1.08. The predicted molar refractivity (Wildman–Crippen MR) is 263 cm³/mol. The molecule has 0 spiro atoms. The molecule has 0 saturated heterocycles. The summed E-state index contributed by atoms with van der Waals surface area (Å²) in [6, 6.07) is 92.1. The topological polar surface area (TPSA) is 8.17 Å². The van der Waals surface area contributed by atoms with E-state index in [0.29, 0.717) is 0 Å². The SMILES string of the molecule is c1ccc(-c2ccc(-c3ccccc3)c(-n3c4ccccc4c4c(N(c5ccc(-c6ccccc6-c6ccccc6)cc5)c5ccccc5-c5ccccc5)cccc43)c2)cc1. The first-order chi connectivity index (χ1) is 30.8. The average molecular weight is 791 g/mol. The van der Waals surface area contributed by atoms with Gasteiger partial charge >= 0.3 is 0 Å². The number of rotatable bonds is 9. The lowest BCUT2D eigenvalue weighted by molar-refractivity contribution is 1.18. The number of para-hydroxylation sites is 2. The van der Waals surface area contributed by atoms with E-state index in [2.05, 4.69) is 264 Å². The lowest BCUT2D eigenvalue weighted by Gasteiger charge is -2.29. The molecular weight excluding hydrogens is 749 g/mol. The van der Waals surface area contributed by atoms with E-state index in [9.17, 15) is 0 Å². The molecule has 292 valence electrons. The molecule has 0 aliphatic carbocycles. The van der Waals surface area contributed by atoms with E-state index in [4.69, 9.17) is 0 Å². The molecule has 1 heterocycles. The molecule has 11 rings (SSSR count). The van der Waals surface area contributed by atoms with Crippen LogP contribution in [0.15, 0.2) is 255 Å². The fourth-order valence-electron chi connectivity index (χ4n) is 9.17. The first-order valence-corrected chi connectivity index (χ1v) is 21.3.